The van der Waals surface area contributed by atoms with E-state index in [0.717, 1.165) is 18.2 Å². The Morgan fingerprint density at radius 3 is 2.57 bits per heavy atom. The number of likely N-dealkylation sites (N-methyl/N-ethyl adjacent to an activating group) is 1. The Morgan fingerprint density at radius 1 is 1.19 bits per heavy atom. The Balaban J connectivity index is 1.41. The molecule has 0 saturated carbocycles. The van der Waals surface area contributed by atoms with Gasteiger partial charge >= 0.3 is 6.18 Å². The van der Waals surface area contributed by atoms with E-state index in [1.165, 1.54) is 33.8 Å². The van der Waals surface area contributed by atoms with Gasteiger partial charge in [-0.05, 0) is 35.9 Å². The van der Waals surface area contributed by atoms with E-state index < -0.39 is 35.1 Å². The fraction of sp³-hybridized carbons (Fsp3) is 0.280. The summed E-state index contributed by atoms with van der Waals surface area (Å²) in [6.45, 7) is 0.424. The predicted octanol–water partition coefficient (Wildman–Crippen LogP) is 3.21. The molecule has 0 spiro atoms. The van der Waals surface area contributed by atoms with E-state index in [-0.39, 0.29) is 43.1 Å². The van der Waals surface area contributed by atoms with Gasteiger partial charge in [-0.3, -0.25) is 9.59 Å². The largest absolute Gasteiger partial charge is 0.416 e. The Morgan fingerprint density at radius 2 is 1.92 bits per heavy atom. The summed E-state index contributed by atoms with van der Waals surface area (Å²) in [5.41, 5.74) is 0.180. The van der Waals surface area contributed by atoms with Gasteiger partial charge in [-0.1, -0.05) is 12.1 Å². The van der Waals surface area contributed by atoms with Crippen molar-refractivity contribution in [2.24, 2.45) is 0 Å². The molecule has 3 aromatic rings. The Kier molecular flexibility index (Phi) is 5.86. The van der Waals surface area contributed by atoms with Gasteiger partial charge in [0, 0.05) is 20.0 Å². The number of rotatable bonds is 2. The van der Waals surface area contributed by atoms with Gasteiger partial charge in [-0.2, -0.15) is 23.1 Å². The molecule has 8 nitrogen and oxygen atoms in total. The number of carbonyl (C=O) groups excluding carboxylic acids is 1. The van der Waals surface area contributed by atoms with Gasteiger partial charge in [0.2, 0.25) is 5.95 Å². The van der Waals surface area contributed by atoms with Crippen molar-refractivity contribution < 1.29 is 22.4 Å². The average molecular weight is 512 g/mol. The SMILES string of the molecule is CN1C[C@@H](c2ccc(C(F)(F)F)cc2)Nc2nc3c(c(=O)n21)CN(C(=O)c1ccc(C#N)cc1F)CC3. The van der Waals surface area contributed by atoms with E-state index >= 15 is 0 Å². The Hall–Kier alpha value is -4.40. The summed E-state index contributed by atoms with van der Waals surface area (Å²) in [7, 11) is 1.66. The van der Waals surface area contributed by atoms with Crippen molar-refractivity contribution in [3.8, 4) is 6.07 Å². The summed E-state index contributed by atoms with van der Waals surface area (Å²) in [4.78, 5) is 32.3. The summed E-state index contributed by atoms with van der Waals surface area (Å²) in [5.74, 6) is -1.16. The van der Waals surface area contributed by atoms with Crippen LogP contribution in [0.4, 0.5) is 23.5 Å². The van der Waals surface area contributed by atoms with Gasteiger partial charge in [0.05, 0.1) is 53.1 Å². The number of carbonyl (C=O) groups is 1. The van der Waals surface area contributed by atoms with Crippen LogP contribution in [0.3, 0.4) is 0 Å². The van der Waals surface area contributed by atoms with Gasteiger partial charge < -0.3 is 15.2 Å². The molecule has 190 valence electrons. The van der Waals surface area contributed by atoms with Crippen molar-refractivity contribution in [3.05, 3.63) is 92.1 Å². The maximum absolute atomic E-state index is 14.4. The fourth-order valence-electron chi connectivity index (χ4n) is 4.62. The van der Waals surface area contributed by atoms with Crippen LogP contribution in [0.2, 0.25) is 0 Å². The first-order valence-electron chi connectivity index (χ1n) is 11.4. The number of fused-ring (bicyclic) bond motifs is 2. The molecule has 12 heteroatoms. The first kappa shape index (κ1) is 24.3. The zero-order chi connectivity index (χ0) is 26.5. The van der Waals surface area contributed by atoms with Crippen LogP contribution in [-0.4, -0.2) is 40.6 Å². The van der Waals surface area contributed by atoms with Crippen molar-refractivity contribution in [1.29, 1.82) is 5.26 Å². The first-order chi connectivity index (χ1) is 17.6. The number of anilines is 1. The molecule has 0 aliphatic carbocycles. The molecule has 1 aromatic heterocycles. The summed E-state index contributed by atoms with van der Waals surface area (Å²) in [6.07, 6.45) is -4.17. The van der Waals surface area contributed by atoms with Crippen LogP contribution in [0.25, 0.3) is 0 Å². The zero-order valence-electron chi connectivity index (χ0n) is 19.5. The summed E-state index contributed by atoms with van der Waals surface area (Å²) < 4.78 is 54.5. The number of hydrogen-bond acceptors (Lipinski definition) is 6. The van der Waals surface area contributed by atoms with Crippen LogP contribution < -0.4 is 15.9 Å². The lowest BCUT2D eigenvalue weighted by atomic mass is 10.0. The normalized spacial score (nSPS) is 16.9. The summed E-state index contributed by atoms with van der Waals surface area (Å²) in [5, 5.41) is 13.7. The molecular weight excluding hydrogens is 492 g/mol. The third kappa shape index (κ3) is 4.37. The van der Waals surface area contributed by atoms with Crippen molar-refractivity contribution >= 4 is 11.9 Å². The highest BCUT2D eigenvalue weighted by Crippen LogP contribution is 2.31. The highest BCUT2D eigenvalue weighted by molar-refractivity contribution is 5.94. The van der Waals surface area contributed by atoms with E-state index in [0.29, 0.717) is 16.8 Å². The molecule has 0 fully saturated rings. The topological polar surface area (TPSA) is 94.3 Å². The maximum Gasteiger partial charge on any atom is 0.416 e. The van der Waals surface area contributed by atoms with Crippen molar-refractivity contribution in [1.82, 2.24) is 14.6 Å². The minimum absolute atomic E-state index is 0.0596. The average Bonchev–Trinajstić information content (AvgIpc) is 2.87. The zero-order valence-corrected chi connectivity index (χ0v) is 19.5. The Labute approximate surface area is 208 Å². The van der Waals surface area contributed by atoms with Crippen LogP contribution in [0.5, 0.6) is 0 Å². The molecular formula is C25H20F4N6O2. The third-order valence-electron chi connectivity index (χ3n) is 6.56. The van der Waals surface area contributed by atoms with Crippen molar-refractivity contribution in [2.75, 3.05) is 30.5 Å². The number of alkyl halides is 3. The monoisotopic (exact) mass is 512 g/mol. The Bertz CT molecular complexity index is 1490. The van der Waals surface area contributed by atoms with Crippen LogP contribution in [-0.2, 0) is 19.1 Å². The second-order valence-corrected chi connectivity index (χ2v) is 8.92. The standard InChI is InChI=1S/C25H20F4N6O2/c1-33-13-21(15-3-5-16(6-4-15)25(27,28)29)32-24-31-20-8-9-34(12-18(20)23(37)35(24)33)22(36)17-7-2-14(11-30)10-19(17)26/h2-7,10,21H,8-9,12-13H2,1H3,(H,31,32)/t21-/m0/s1. The molecule has 3 heterocycles. The predicted molar refractivity (Wildman–Crippen MR) is 125 cm³/mol. The maximum atomic E-state index is 14.4. The molecule has 37 heavy (non-hydrogen) atoms. The first-order valence-corrected chi connectivity index (χ1v) is 11.4. The lowest BCUT2D eigenvalue weighted by molar-refractivity contribution is -0.137. The quantitative estimate of drug-likeness (QED) is 0.530. The number of amides is 1. The van der Waals surface area contributed by atoms with E-state index in [1.54, 1.807) is 12.1 Å². The molecule has 1 amide bonds. The second kappa shape index (κ2) is 8.92. The number of hydrogen-bond donors (Lipinski definition) is 1. The molecule has 0 unspecified atom stereocenters. The van der Waals surface area contributed by atoms with Gasteiger partial charge in [-0.25, -0.2) is 9.37 Å². The number of nitrogens with one attached hydrogen (secondary N) is 1. The lowest BCUT2D eigenvalue weighted by Crippen LogP contribution is -2.51. The van der Waals surface area contributed by atoms with Crippen LogP contribution in [0.15, 0.2) is 47.3 Å². The van der Waals surface area contributed by atoms with Crippen LogP contribution in [0, 0.1) is 17.1 Å². The lowest BCUT2D eigenvalue weighted by Gasteiger charge is -2.37. The summed E-state index contributed by atoms with van der Waals surface area (Å²) >= 11 is 0. The van der Waals surface area contributed by atoms with E-state index in [4.69, 9.17) is 5.26 Å². The second-order valence-electron chi connectivity index (χ2n) is 8.92. The van der Waals surface area contributed by atoms with E-state index in [1.807, 2.05) is 6.07 Å². The highest BCUT2D eigenvalue weighted by Gasteiger charge is 2.33. The molecule has 0 radical (unpaired) electrons. The smallest absolute Gasteiger partial charge is 0.345 e. The van der Waals surface area contributed by atoms with Gasteiger partial charge in [-0.15, -0.1) is 0 Å². The van der Waals surface area contributed by atoms with Crippen LogP contribution >= 0.6 is 0 Å². The number of aromatic nitrogens is 2. The van der Waals surface area contributed by atoms with E-state index in [9.17, 15) is 27.2 Å². The third-order valence-corrected chi connectivity index (χ3v) is 6.56. The molecule has 2 aliphatic rings. The van der Waals surface area contributed by atoms with Crippen molar-refractivity contribution in [3.63, 3.8) is 0 Å². The molecule has 0 bridgehead atoms. The number of nitrogens with zero attached hydrogens (tertiary/aromatic N) is 5. The number of nitriles is 1. The molecule has 0 saturated heterocycles. The number of halogens is 4. The molecule has 2 aromatic carbocycles. The van der Waals surface area contributed by atoms with Gasteiger partial charge in [0.1, 0.15) is 5.82 Å². The van der Waals surface area contributed by atoms with Gasteiger partial charge in [0.25, 0.3) is 11.5 Å². The number of benzene rings is 2. The van der Waals surface area contributed by atoms with E-state index in [2.05, 4.69) is 10.3 Å². The van der Waals surface area contributed by atoms with Crippen LogP contribution in [0.1, 0.15) is 44.3 Å². The summed E-state index contributed by atoms with van der Waals surface area (Å²) in [6, 6.07) is 9.83. The fourth-order valence-corrected chi connectivity index (χ4v) is 4.62. The van der Waals surface area contributed by atoms with Crippen molar-refractivity contribution in [2.45, 2.75) is 25.2 Å². The minimum Gasteiger partial charge on any atom is -0.345 e. The molecule has 1 N–H and O–H groups in total. The van der Waals surface area contributed by atoms with Gasteiger partial charge in [0.15, 0.2) is 0 Å². The molecule has 1 atom stereocenters. The highest BCUT2D eigenvalue weighted by atomic mass is 19.4. The molecule has 5 rings (SSSR count). The molecule has 2 aliphatic heterocycles. The minimum atomic E-state index is -4.43.